The number of rotatable bonds is 6. The molecule has 0 unspecified atom stereocenters. The number of amides is 2. The molecule has 166 valence electrons. The molecule has 0 atom stereocenters. The second kappa shape index (κ2) is 9.35. The maximum absolute atomic E-state index is 13.0. The molecule has 2 aromatic heterocycles. The molecule has 8 heteroatoms. The fourth-order valence-corrected chi connectivity index (χ4v) is 3.49. The van der Waals surface area contributed by atoms with E-state index >= 15 is 0 Å². The van der Waals surface area contributed by atoms with Gasteiger partial charge in [0.1, 0.15) is 11.4 Å². The minimum absolute atomic E-state index is 0.0206. The van der Waals surface area contributed by atoms with Crippen LogP contribution in [0.15, 0.2) is 72.9 Å². The van der Waals surface area contributed by atoms with E-state index in [0.29, 0.717) is 16.8 Å². The van der Waals surface area contributed by atoms with E-state index in [1.54, 1.807) is 49.4 Å². The summed E-state index contributed by atoms with van der Waals surface area (Å²) in [6, 6.07) is 19.4. The van der Waals surface area contributed by atoms with Gasteiger partial charge in [-0.05, 0) is 53.9 Å². The Morgan fingerprint density at radius 1 is 1.00 bits per heavy atom. The Morgan fingerprint density at radius 3 is 2.48 bits per heavy atom. The second-order valence-electron chi connectivity index (χ2n) is 7.29. The van der Waals surface area contributed by atoms with Crippen LogP contribution in [-0.4, -0.2) is 44.6 Å². The van der Waals surface area contributed by atoms with Gasteiger partial charge in [-0.3, -0.25) is 9.78 Å². The average molecular weight is 443 g/mol. The number of nitrogens with one attached hydrogen (secondary N) is 1. The Labute approximate surface area is 189 Å². The van der Waals surface area contributed by atoms with Gasteiger partial charge in [0.25, 0.3) is 5.91 Å². The predicted molar refractivity (Wildman–Crippen MR) is 122 cm³/mol. The van der Waals surface area contributed by atoms with Crippen molar-refractivity contribution in [1.82, 2.24) is 14.9 Å². The Kier molecular flexibility index (Phi) is 6.17. The number of hydrogen-bond donors (Lipinski definition) is 2. The van der Waals surface area contributed by atoms with E-state index in [0.717, 1.165) is 21.4 Å². The molecule has 2 heterocycles. The average Bonchev–Trinajstić information content (AvgIpc) is 3.26. The lowest BCUT2D eigenvalue weighted by atomic mass is 10.0. The number of H-pyrrole nitrogens is 1. The summed E-state index contributed by atoms with van der Waals surface area (Å²) in [5.41, 5.74) is 3.32. The third kappa shape index (κ3) is 4.74. The van der Waals surface area contributed by atoms with Gasteiger partial charge in [-0.1, -0.05) is 36.4 Å². The van der Waals surface area contributed by atoms with Crippen LogP contribution in [0.5, 0.6) is 0 Å². The monoisotopic (exact) mass is 443 g/mol. The molecule has 4 aromatic rings. The molecule has 8 nitrogen and oxygen atoms in total. The SMILES string of the molecule is CCOC(=O)c1cc2cc(-c3ccnc(C(=O)N(Cc4ccccc4)C(=O)O)c3)ccc2[nH]1. The maximum atomic E-state index is 13.0. The Hall–Kier alpha value is -4.46. The van der Waals surface area contributed by atoms with Crippen LogP contribution in [-0.2, 0) is 11.3 Å². The molecule has 0 bridgehead atoms. The first-order valence-corrected chi connectivity index (χ1v) is 10.3. The smallest absolute Gasteiger partial charge is 0.414 e. The van der Waals surface area contributed by atoms with Crippen molar-refractivity contribution >= 4 is 28.9 Å². The van der Waals surface area contributed by atoms with E-state index in [9.17, 15) is 19.5 Å². The van der Waals surface area contributed by atoms with Crippen molar-refractivity contribution < 1.29 is 24.2 Å². The maximum Gasteiger partial charge on any atom is 0.414 e. The largest absolute Gasteiger partial charge is 0.465 e. The van der Waals surface area contributed by atoms with E-state index in [2.05, 4.69) is 9.97 Å². The summed E-state index contributed by atoms with van der Waals surface area (Å²) in [6.45, 7) is 1.95. The lowest BCUT2D eigenvalue weighted by molar-refractivity contribution is 0.0520. The van der Waals surface area contributed by atoms with Gasteiger partial charge in [0.2, 0.25) is 0 Å². The minimum Gasteiger partial charge on any atom is -0.465 e. The molecule has 33 heavy (non-hydrogen) atoms. The van der Waals surface area contributed by atoms with E-state index in [1.165, 1.54) is 6.20 Å². The van der Waals surface area contributed by atoms with Crippen LogP contribution < -0.4 is 0 Å². The van der Waals surface area contributed by atoms with Crippen molar-refractivity contribution in [3.8, 4) is 11.1 Å². The van der Waals surface area contributed by atoms with Crippen molar-refractivity contribution in [3.63, 3.8) is 0 Å². The Bertz CT molecular complexity index is 1330. The van der Waals surface area contributed by atoms with E-state index in [4.69, 9.17) is 4.74 Å². The van der Waals surface area contributed by atoms with Gasteiger partial charge >= 0.3 is 12.1 Å². The van der Waals surface area contributed by atoms with Crippen LogP contribution in [0.4, 0.5) is 4.79 Å². The summed E-state index contributed by atoms with van der Waals surface area (Å²) in [5.74, 6) is -1.14. The number of pyridine rings is 1. The molecule has 2 amide bonds. The molecule has 0 aliphatic rings. The van der Waals surface area contributed by atoms with Gasteiger partial charge in [0, 0.05) is 17.1 Å². The standard InChI is InChI=1S/C25H21N3O5/c1-2-33-24(30)22-14-19-12-17(8-9-20(19)27-22)18-10-11-26-21(13-18)23(29)28(25(31)32)15-16-6-4-3-5-7-16/h3-14,27H,2,15H2,1H3,(H,31,32). The number of fused-ring (bicyclic) bond motifs is 1. The zero-order valence-electron chi connectivity index (χ0n) is 17.8. The van der Waals surface area contributed by atoms with Crippen molar-refractivity contribution in [3.05, 3.63) is 89.9 Å². The van der Waals surface area contributed by atoms with Gasteiger partial charge in [-0.15, -0.1) is 0 Å². The number of hydrogen-bond acceptors (Lipinski definition) is 5. The fraction of sp³-hybridized carbons (Fsp3) is 0.120. The van der Waals surface area contributed by atoms with Crippen LogP contribution in [0.3, 0.4) is 0 Å². The highest BCUT2D eigenvalue weighted by molar-refractivity contribution is 6.02. The number of carbonyl (C=O) groups is 3. The van der Waals surface area contributed by atoms with E-state index in [-0.39, 0.29) is 18.8 Å². The summed E-state index contributed by atoms with van der Waals surface area (Å²) in [6.07, 6.45) is 0.118. The third-order valence-electron chi connectivity index (χ3n) is 5.09. The molecule has 2 N–H and O–H groups in total. The highest BCUT2D eigenvalue weighted by atomic mass is 16.5. The summed E-state index contributed by atoms with van der Waals surface area (Å²) in [7, 11) is 0. The minimum atomic E-state index is -1.35. The number of ether oxygens (including phenoxy) is 1. The van der Waals surface area contributed by atoms with Crippen molar-refractivity contribution in [2.24, 2.45) is 0 Å². The zero-order valence-corrected chi connectivity index (χ0v) is 17.8. The van der Waals surface area contributed by atoms with Crippen molar-refractivity contribution in [2.45, 2.75) is 13.5 Å². The quantitative estimate of drug-likeness (QED) is 0.417. The van der Waals surface area contributed by atoms with E-state index < -0.39 is 18.0 Å². The molecule has 0 radical (unpaired) electrons. The number of esters is 1. The molecule has 0 saturated heterocycles. The number of aromatic nitrogens is 2. The van der Waals surface area contributed by atoms with Crippen LogP contribution in [0.2, 0.25) is 0 Å². The molecule has 2 aromatic carbocycles. The predicted octanol–water partition coefficient (Wildman–Crippen LogP) is 4.73. The number of carboxylic acid groups (broad SMARTS) is 1. The van der Waals surface area contributed by atoms with Gasteiger partial charge < -0.3 is 14.8 Å². The van der Waals surface area contributed by atoms with Gasteiger partial charge in [-0.2, -0.15) is 0 Å². The van der Waals surface area contributed by atoms with Gasteiger partial charge in [-0.25, -0.2) is 14.5 Å². The van der Waals surface area contributed by atoms with Crippen LogP contribution in [0.1, 0.15) is 33.5 Å². The molecule has 0 fully saturated rings. The summed E-state index contributed by atoms with van der Waals surface area (Å²) in [4.78, 5) is 44.6. The highest BCUT2D eigenvalue weighted by Crippen LogP contribution is 2.26. The lowest BCUT2D eigenvalue weighted by Crippen LogP contribution is -2.35. The molecule has 0 aliphatic carbocycles. The van der Waals surface area contributed by atoms with Crippen LogP contribution >= 0.6 is 0 Å². The van der Waals surface area contributed by atoms with Crippen molar-refractivity contribution in [1.29, 1.82) is 0 Å². The van der Waals surface area contributed by atoms with Crippen LogP contribution in [0, 0.1) is 0 Å². The third-order valence-corrected chi connectivity index (χ3v) is 5.09. The molecular formula is C25H21N3O5. The number of benzene rings is 2. The zero-order chi connectivity index (χ0) is 23.4. The first kappa shape index (κ1) is 21.8. The number of carbonyl (C=O) groups excluding carboxylic acids is 2. The molecule has 0 saturated carbocycles. The topological polar surface area (TPSA) is 113 Å². The normalized spacial score (nSPS) is 10.7. The number of imide groups is 1. The van der Waals surface area contributed by atoms with Gasteiger partial charge in [0.15, 0.2) is 0 Å². The Morgan fingerprint density at radius 2 is 1.76 bits per heavy atom. The summed E-state index contributed by atoms with van der Waals surface area (Å²) >= 11 is 0. The number of aromatic amines is 1. The number of nitrogens with zero attached hydrogens (tertiary/aromatic N) is 2. The second-order valence-corrected chi connectivity index (χ2v) is 7.29. The Balaban J connectivity index is 1.62. The van der Waals surface area contributed by atoms with Crippen LogP contribution in [0.25, 0.3) is 22.0 Å². The fourth-order valence-electron chi connectivity index (χ4n) is 3.49. The molecule has 0 aliphatic heterocycles. The highest BCUT2D eigenvalue weighted by Gasteiger charge is 2.24. The molecule has 0 spiro atoms. The first-order chi connectivity index (χ1) is 16.0. The summed E-state index contributed by atoms with van der Waals surface area (Å²) < 4.78 is 5.03. The first-order valence-electron chi connectivity index (χ1n) is 10.3. The van der Waals surface area contributed by atoms with Gasteiger partial charge in [0.05, 0.1) is 13.2 Å². The van der Waals surface area contributed by atoms with E-state index in [1.807, 2.05) is 24.3 Å². The molecular weight excluding hydrogens is 422 g/mol. The lowest BCUT2D eigenvalue weighted by Gasteiger charge is -2.17. The molecule has 4 rings (SSSR count). The summed E-state index contributed by atoms with van der Waals surface area (Å²) in [5, 5.41) is 10.4. The van der Waals surface area contributed by atoms with Crippen molar-refractivity contribution in [2.75, 3.05) is 6.61 Å².